The number of hydrogen-bond donors (Lipinski definition) is 3. The molecule has 1 aromatic heterocycles. The zero-order valence-electron chi connectivity index (χ0n) is 17.8. The van der Waals surface area contributed by atoms with Crippen LogP contribution in [0.1, 0.15) is 53.4 Å². The molecule has 2 aromatic rings. The largest absolute Gasteiger partial charge is 0.573 e. The number of anilines is 1. The number of carbonyl (C=O) groups excluding carboxylic acids is 2. The van der Waals surface area contributed by atoms with E-state index in [-0.39, 0.29) is 17.7 Å². The van der Waals surface area contributed by atoms with E-state index in [1.165, 1.54) is 23.5 Å². The van der Waals surface area contributed by atoms with Crippen LogP contribution in [0.25, 0.3) is 0 Å². The number of rotatable bonds is 9. The first-order valence-corrected chi connectivity index (χ1v) is 11.2. The smallest absolute Gasteiger partial charge is 0.480 e. The Morgan fingerprint density at radius 2 is 1.79 bits per heavy atom. The van der Waals surface area contributed by atoms with Crippen molar-refractivity contribution in [3.63, 3.8) is 0 Å². The number of benzene rings is 1. The highest BCUT2D eigenvalue weighted by atomic mass is 32.1. The van der Waals surface area contributed by atoms with Crippen LogP contribution in [-0.2, 0) is 16.0 Å². The van der Waals surface area contributed by atoms with Gasteiger partial charge >= 0.3 is 12.3 Å². The monoisotopic (exact) mass is 484 g/mol. The van der Waals surface area contributed by atoms with E-state index in [4.69, 9.17) is 0 Å². The highest BCUT2D eigenvalue weighted by Crippen LogP contribution is 2.32. The minimum atomic E-state index is -4.84. The molecule has 0 saturated heterocycles. The molecule has 11 heteroatoms. The molecule has 0 atom stereocenters. The van der Waals surface area contributed by atoms with E-state index in [1.54, 1.807) is 6.07 Å². The Labute approximate surface area is 191 Å². The summed E-state index contributed by atoms with van der Waals surface area (Å²) in [7, 11) is 0. The van der Waals surface area contributed by atoms with E-state index in [1.807, 2.05) is 6.92 Å². The van der Waals surface area contributed by atoms with Gasteiger partial charge in [-0.05, 0) is 49.6 Å². The summed E-state index contributed by atoms with van der Waals surface area (Å²) >= 11 is 1.22. The first-order valence-electron chi connectivity index (χ1n) is 10.3. The standard InChI is InChI=1S/C22H23F3N2O5S/c1-2-15-11-16(18(29)13-5-7-14(8-6-13)32-22(23,24)25)19(33-15)27-17(28)12-26-21(20(30)31)9-3-4-10-21/h5-8,11,26H,2-4,9-10,12H2,1H3,(H,27,28)(H,30,31). The fourth-order valence-corrected chi connectivity index (χ4v) is 4.72. The van der Waals surface area contributed by atoms with Crippen molar-refractivity contribution in [2.24, 2.45) is 0 Å². The number of ketones is 1. The number of ether oxygens (including phenoxy) is 1. The van der Waals surface area contributed by atoms with Crippen LogP contribution in [0.2, 0.25) is 0 Å². The Kier molecular flexibility index (Phi) is 7.43. The summed E-state index contributed by atoms with van der Waals surface area (Å²) in [5.74, 6) is -2.40. The molecule has 178 valence electrons. The lowest BCUT2D eigenvalue weighted by Crippen LogP contribution is -2.52. The van der Waals surface area contributed by atoms with Gasteiger partial charge < -0.3 is 15.2 Å². The number of carbonyl (C=O) groups is 3. The molecule has 1 fully saturated rings. The molecule has 0 bridgehead atoms. The molecule has 0 radical (unpaired) electrons. The molecule has 33 heavy (non-hydrogen) atoms. The fourth-order valence-electron chi connectivity index (χ4n) is 3.71. The third-order valence-corrected chi connectivity index (χ3v) is 6.63. The van der Waals surface area contributed by atoms with Gasteiger partial charge in [-0.3, -0.25) is 19.7 Å². The molecule has 3 rings (SSSR count). The molecular formula is C22H23F3N2O5S. The lowest BCUT2D eigenvalue weighted by molar-refractivity contribution is -0.274. The first kappa shape index (κ1) is 24.7. The number of carboxylic acid groups (broad SMARTS) is 1. The van der Waals surface area contributed by atoms with Crippen LogP contribution in [0, 0.1) is 0 Å². The van der Waals surface area contributed by atoms with Gasteiger partial charge in [-0.25, -0.2) is 0 Å². The van der Waals surface area contributed by atoms with Crippen molar-refractivity contribution >= 4 is 34.0 Å². The third kappa shape index (κ3) is 6.11. The van der Waals surface area contributed by atoms with Crippen LogP contribution in [0.3, 0.4) is 0 Å². The van der Waals surface area contributed by atoms with Crippen LogP contribution in [0.4, 0.5) is 18.2 Å². The number of aryl methyl sites for hydroxylation is 1. The average Bonchev–Trinajstić information content (AvgIpc) is 3.39. The van der Waals surface area contributed by atoms with Gasteiger partial charge in [0.2, 0.25) is 5.91 Å². The van der Waals surface area contributed by atoms with Crippen LogP contribution in [-0.4, -0.2) is 41.2 Å². The number of aliphatic carboxylic acids is 1. The Bertz CT molecular complexity index is 1030. The van der Waals surface area contributed by atoms with Crippen LogP contribution < -0.4 is 15.4 Å². The summed E-state index contributed by atoms with van der Waals surface area (Å²) < 4.78 is 40.9. The Morgan fingerprint density at radius 1 is 1.15 bits per heavy atom. The predicted molar refractivity (Wildman–Crippen MR) is 116 cm³/mol. The van der Waals surface area contributed by atoms with Gasteiger partial charge in [0.25, 0.3) is 0 Å². The van der Waals surface area contributed by atoms with Gasteiger partial charge in [-0.1, -0.05) is 19.8 Å². The van der Waals surface area contributed by atoms with E-state index < -0.39 is 35.3 Å². The molecule has 7 nitrogen and oxygen atoms in total. The summed E-state index contributed by atoms with van der Waals surface area (Å²) in [5.41, 5.74) is -0.779. The van der Waals surface area contributed by atoms with Crippen molar-refractivity contribution in [1.29, 1.82) is 0 Å². The second-order valence-corrected chi connectivity index (χ2v) is 8.84. The van der Waals surface area contributed by atoms with Gasteiger partial charge in [0.1, 0.15) is 16.3 Å². The number of carboxylic acids is 1. The van der Waals surface area contributed by atoms with E-state index in [0.29, 0.717) is 24.3 Å². The van der Waals surface area contributed by atoms with Gasteiger partial charge in [0.05, 0.1) is 12.1 Å². The van der Waals surface area contributed by atoms with Gasteiger partial charge in [0.15, 0.2) is 5.78 Å². The van der Waals surface area contributed by atoms with Crippen molar-refractivity contribution in [3.05, 3.63) is 46.3 Å². The molecular weight excluding hydrogens is 461 g/mol. The first-order chi connectivity index (χ1) is 15.5. The highest BCUT2D eigenvalue weighted by Gasteiger charge is 2.41. The maximum Gasteiger partial charge on any atom is 0.573 e. The third-order valence-electron chi connectivity index (χ3n) is 5.43. The normalized spacial score (nSPS) is 15.3. The van der Waals surface area contributed by atoms with E-state index >= 15 is 0 Å². The molecule has 1 aliphatic carbocycles. The Morgan fingerprint density at radius 3 is 2.33 bits per heavy atom. The van der Waals surface area contributed by atoms with Gasteiger partial charge in [-0.2, -0.15) is 0 Å². The van der Waals surface area contributed by atoms with Crippen molar-refractivity contribution in [3.8, 4) is 5.75 Å². The number of thiophene rings is 1. The van der Waals surface area contributed by atoms with Gasteiger partial charge in [0, 0.05) is 10.4 Å². The minimum absolute atomic E-state index is 0.134. The maximum absolute atomic E-state index is 13.0. The quantitative estimate of drug-likeness (QED) is 0.457. The molecule has 1 aliphatic rings. The fraction of sp³-hybridized carbons (Fsp3) is 0.409. The number of alkyl halides is 3. The number of amides is 1. The lowest BCUT2D eigenvalue weighted by atomic mass is 9.98. The predicted octanol–water partition coefficient (Wildman–Crippen LogP) is 4.37. The topological polar surface area (TPSA) is 105 Å². The highest BCUT2D eigenvalue weighted by molar-refractivity contribution is 7.16. The number of hydrogen-bond acceptors (Lipinski definition) is 6. The molecule has 3 N–H and O–H groups in total. The summed E-state index contributed by atoms with van der Waals surface area (Å²) in [6.45, 7) is 1.65. The van der Waals surface area contributed by atoms with Crippen LogP contribution in [0.5, 0.6) is 5.75 Å². The molecule has 0 spiro atoms. The lowest BCUT2D eigenvalue weighted by Gasteiger charge is -2.25. The molecule has 1 heterocycles. The van der Waals surface area contributed by atoms with Crippen molar-refractivity contribution in [2.45, 2.75) is 50.9 Å². The number of halogens is 3. The van der Waals surface area contributed by atoms with E-state index in [0.717, 1.165) is 29.9 Å². The van der Waals surface area contributed by atoms with Crippen molar-refractivity contribution in [2.75, 3.05) is 11.9 Å². The zero-order valence-corrected chi connectivity index (χ0v) is 18.6. The summed E-state index contributed by atoms with van der Waals surface area (Å²) in [6, 6.07) is 6.16. The van der Waals surface area contributed by atoms with Gasteiger partial charge in [-0.15, -0.1) is 24.5 Å². The van der Waals surface area contributed by atoms with E-state index in [2.05, 4.69) is 15.4 Å². The summed E-state index contributed by atoms with van der Waals surface area (Å²) in [5, 5.41) is 15.3. The minimum Gasteiger partial charge on any atom is -0.480 e. The van der Waals surface area contributed by atoms with Crippen LogP contribution >= 0.6 is 11.3 Å². The summed E-state index contributed by atoms with van der Waals surface area (Å²) in [4.78, 5) is 38.0. The molecule has 0 aliphatic heterocycles. The SMILES string of the molecule is CCc1cc(C(=O)c2ccc(OC(F)(F)F)cc2)c(NC(=O)CNC2(C(=O)O)CCCC2)s1. The number of nitrogens with one attached hydrogen (secondary N) is 2. The zero-order chi connectivity index (χ0) is 24.2. The molecule has 1 aromatic carbocycles. The maximum atomic E-state index is 13.0. The molecule has 1 saturated carbocycles. The Hall–Kier alpha value is -2.92. The molecule has 0 unspecified atom stereocenters. The second kappa shape index (κ2) is 9.92. The second-order valence-electron chi connectivity index (χ2n) is 7.71. The summed E-state index contributed by atoms with van der Waals surface area (Å²) in [6.07, 6.45) is -1.83. The van der Waals surface area contributed by atoms with Crippen LogP contribution in [0.15, 0.2) is 30.3 Å². The van der Waals surface area contributed by atoms with E-state index in [9.17, 15) is 32.7 Å². The van der Waals surface area contributed by atoms with Crippen molar-refractivity contribution in [1.82, 2.24) is 5.32 Å². The van der Waals surface area contributed by atoms with Crippen molar-refractivity contribution < 1.29 is 37.4 Å². The average molecular weight is 484 g/mol. The Balaban J connectivity index is 1.73. The molecule has 1 amide bonds.